The zero-order valence-electron chi connectivity index (χ0n) is 14.8. The first-order chi connectivity index (χ1) is 12.5. The minimum absolute atomic E-state index is 0.00678. The molecule has 1 fully saturated rings. The van der Waals surface area contributed by atoms with Crippen LogP contribution in [0.5, 0.6) is 0 Å². The van der Waals surface area contributed by atoms with Gasteiger partial charge in [-0.2, -0.15) is 8.42 Å². The molecule has 0 radical (unpaired) electrons. The first kappa shape index (κ1) is 20.5. The third kappa shape index (κ3) is 5.61. The highest BCUT2D eigenvalue weighted by Gasteiger charge is 2.29. The topological polar surface area (TPSA) is 88.2 Å². The highest BCUT2D eigenvalue weighted by atomic mass is 32.2. The van der Waals surface area contributed by atoms with Gasteiger partial charge >= 0.3 is 10.2 Å². The summed E-state index contributed by atoms with van der Waals surface area (Å²) in [5.41, 5.74) is 0.216. The predicted molar refractivity (Wildman–Crippen MR) is 97.0 cm³/mol. The second-order valence-electron chi connectivity index (χ2n) is 5.90. The molecule has 1 unspecified atom stereocenters. The molecule has 8 nitrogen and oxygen atoms in total. The Bertz CT molecular complexity index is 690. The van der Waals surface area contributed by atoms with Gasteiger partial charge in [0, 0.05) is 11.6 Å². The predicted octanol–water partition coefficient (Wildman–Crippen LogP) is 1.50. The SMILES string of the molecule is C=CCC(CON(OC)S(=O)(=O)NC(=O)c1ccccc1)N1CCCC1. The first-order valence-electron chi connectivity index (χ1n) is 8.42. The highest BCUT2D eigenvalue weighted by molar-refractivity contribution is 7.87. The van der Waals surface area contributed by atoms with E-state index in [1.54, 1.807) is 24.3 Å². The summed E-state index contributed by atoms with van der Waals surface area (Å²) < 4.78 is 27.0. The molecule has 0 aliphatic carbocycles. The lowest BCUT2D eigenvalue weighted by Gasteiger charge is -2.28. The number of rotatable bonds is 10. The van der Waals surface area contributed by atoms with E-state index >= 15 is 0 Å². The molecule has 1 amide bonds. The molecule has 1 saturated heterocycles. The second-order valence-corrected chi connectivity index (χ2v) is 7.35. The number of hydrogen-bond acceptors (Lipinski definition) is 6. The van der Waals surface area contributed by atoms with Crippen molar-refractivity contribution >= 4 is 16.1 Å². The Labute approximate surface area is 154 Å². The molecule has 0 aromatic heterocycles. The summed E-state index contributed by atoms with van der Waals surface area (Å²) in [6, 6.07) is 8.03. The van der Waals surface area contributed by atoms with E-state index in [2.05, 4.69) is 11.5 Å². The van der Waals surface area contributed by atoms with Crippen LogP contribution in [0.15, 0.2) is 43.0 Å². The summed E-state index contributed by atoms with van der Waals surface area (Å²) in [6.45, 7) is 5.71. The number of hydrogen-bond donors (Lipinski definition) is 1. The Morgan fingerprint density at radius 2 is 2.00 bits per heavy atom. The smallest absolute Gasteiger partial charge is 0.298 e. The fraction of sp³-hybridized carbons (Fsp3) is 0.471. The fourth-order valence-electron chi connectivity index (χ4n) is 2.79. The third-order valence-corrected chi connectivity index (χ3v) is 5.16. The Balaban J connectivity index is 1.98. The summed E-state index contributed by atoms with van der Waals surface area (Å²) in [5, 5.41) is 0. The quantitative estimate of drug-likeness (QED) is 0.487. The molecule has 0 spiro atoms. The molecule has 1 atom stereocenters. The van der Waals surface area contributed by atoms with Gasteiger partial charge in [0.2, 0.25) is 0 Å². The van der Waals surface area contributed by atoms with E-state index in [1.807, 2.05) is 4.72 Å². The first-order valence-corrected chi connectivity index (χ1v) is 9.86. The van der Waals surface area contributed by atoms with Gasteiger partial charge in [-0.3, -0.25) is 19.4 Å². The zero-order chi connectivity index (χ0) is 19.0. The number of nitrogens with zero attached hydrogens (tertiary/aromatic N) is 2. The van der Waals surface area contributed by atoms with Crippen LogP contribution in [-0.4, -0.2) is 56.7 Å². The zero-order valence-corrected chi connectivity index (χ0v) is 15.7. The van der Waals surface area contributed by atoms with E-state index < -0.39 is 16.1 Å². The molecule has 1 aliphatic heterocycles. The maximum Gasteiger partial charge on any atom is 0.350 e. The molecular weight excluding hydrogens is 358 g/mol. The Kier molecular flexibility index (Phi) is 7.73. The van der Waals surface area contributed by atoms with Crippen LogP contribution in [0.2, 0.25) is 0 Å². The van der Waals surface area contributed by atoms with Gasteiger partial charge in [0.1, 0.15) is 0 Å². The van der Waals surface area contributed by atoms with E-state index in [1.165, 1.54) is 12.1 Å². The van der Waals surface area contributed by atoms with E-state index in [0.29, 0.717) is 11.1 Å². The molecule has 0 bridgehead atoms. The van der Waals surface area contributed by atoms with Crippen molar-refractivity contribution < 1.29 is 22.9 Å². The Morgan fingerprint density at radius 3 is 2.58 bits per heavy atom. The molecule has 1 aliphatic rings. The Morgan fingerprint density at radius 1 is 1.35 bits per heavy atom. The van der Waals surface area contributed by atoms with E-state index in [0.717, 1.165) is 33.0 Å². The van der Waals surface area contributed by atoms with Crippen molar-refractivity contribution in [3.8, 4) is 0 Å². The van der Waals surface area contributed by atoms with Gasteiger partial charge in [0.15, 0.2) is 0 Å². The van der Waals surface area contributed by atoms with Gasteiger partial charge in [-0.25, -0.2) is 4.72 Å². The average Bonchev–Trinajstić information content (AvgIpc) is 3.16. The molecule has 1 aromatic rings. The van der Waals surface area contributed by atoms with Crippen molar-refractivity contribution in [2.24, 2.45) is 0 Å². The molecule has 1 aromatic carbocycles. The van der Waals surface area contributed by atoms with Crippen LogP contribution in [0.3, 0.4) is 0 Å². The minimum atomic E-state index is -4.31. The van der Waals surface area contributed by atoms with Gasteiger partial charge < -0.3 is 0 Å². The molecule has 2 rings (SSSR count). The van der Waals surface area contributed by atoms with Crippen LogP contribution in [0.1, 0.15) is 29.6 Å². The lowest BCUT2D eigenvalue weighted by molar-refractivity contribution is -0.292. The number of amides is 1. The molecule has 1 N–H and O–H groups in total. The monoisotopic (exact) mass is 383 g/mol. The van der Waals surface area contributed by atoms with Crippen LogP contribution in [0.4, 0.5) is 0 Å². The van der Waals surface area contributed by atoms with E-state index in [9.17, 15) is 13.2 Å². The van der Waals surface area contributed by atoms with E-state index in [4.69, 9.17) is 9.68 Å². The number of likely N-dealkylation sites (tertiary alicyclic amines) is 1. The van der Waals surface area contributed by atoms with E-state index in [-0.39, 0.29) is 18.2 Å². The maximum absolute atomic E-state index is 12.3. The largest absolute Gasteiger partial charge is 0.350 e. The number of benzene rings is 1. The summed E-state index contributed by atoms with van der Waals surface area (Å²) in [5.74, 6) is -0.765. The number of carbonyl (C=O) groups excluding carboxylic acids is 1. The van der Waals surface area contributed by atoms with Crippen molar-refractivity contribution in [3.05, 3.63) is 48.6 Å². The molecule has 26 heavy (non-hydrogen) atoms. The summed E-state index contributed by atoms with van der Waals surface area (Å²) >= 11 is 0. The number of carbonyl (C=O) groups is 1. The van der Waals surface area contributed by atoms with Gasteiger partial charge in [-0.05, 0) is 44.5 Å². The Hall–Kier alpha value is -1.78. The van der Waals surface area contributed by atoms with Gasteiger partial charge in [-0.1, -0.05) is 24.3 Å². The summed E-state index contributed by atoms with van der Waals surface area (Å²) in [6.07, 6.45) is 4.64. The minimum Gasteiger partial charge on any atom is -0.298 e. The van der Waals surface area contributed by atoms with Crippen LogP contribution >= 0.6 is 0 Å². The summed E-state index contributed by atoms with van der Waals surface area (Å²) in [4.78, 5) is 24.5. The molecule has 144 valence electrons. The van der Waals surface area contributed by atoms with Crippen molar-refractivity contribution in [2.75, 3.05) is 26.8 Å². The highest BCUT2D eigenvalue weighted by Crippen LogP contribution is 2.16. The van der Waals surface area contributed by atoms with Gasteiger partial charge in [-0.15, -0.1) is 6.58 Å². The second kappa shape index (κ2) is 9.79. The molecule has 0 saturated carbocycles. The maximum atomic E-state index is 12.3. The van der Waals surface area contributed by atoms with Crippen molar-refractivity contribution in [1.29, 1.82) is 0 Å². The summed E-state index contributed by atoms with van der Waals surface area (Å²) in [7, 11) is -3.15. The lowest BCUT2D eigenvalue weighted by atomic mass is 10.2. The van der Waals surface area contributed by atoms with Crippen molar-refractivity contribution in [1.82, 2.24) is 14.3 Å². The van der Waals surface area contributed by atoms with Gasteiger partial charge in [0.05, 0.1) is 18.3 Å². The van der Waals surface area contributed by atoms with Crippen molar-refractivity contribution in [3.63, 3.8) is 0 Å². The number of nitrogens with one attached hydrogen (secondary N) is 1. The third-order valence-electron chi connectivity index (χ3n) is 4.07. The lowest BCUT2D eigenvalue weighted by Crippen LogP contribution is -2.45. The van der Waals surface area contributed by atoms with Gasteiger partial charge in [0.25, 0.3) is 5.91 Å². The molecular formula is C17H25N3O5S. The average molecular weight is 383 g/mol. The van der Waals surface area contributed by atoms with Crippen LogP contribution < -0.4 is 4.72 Å². The molecule has 9 heteroatoms. The standard InChI is InChI=1S/C17H25N3O5S/c1-3-9-16(19-12-7-8-13-19)14-25-20(24-2)26(22,23)18-17(21)15-10-5-4-6-11-15/h3-6,10-11,16H,1,7-9,12-14H2,2H3,(H,18,21). The van der Waals surface area contributed by atoms with Crippen LogP contribution in [0, 0.1) is 0 Å². The molecule has 1 heterocycles. The van der Waals surface area contributed by atoms with Crippen LogP contribution in [-0.2, 0) is 19.9 Å². The fourth-order valence-corrected chi connectivity index (χ4v) is 3.61. The van der Waals surface area contributed by atoms with Crippen LogP contribution in [0.25, 0.3) is 0 Å². The van der Waals surface area contributed by atoms with Crippen molar-refractivity contribution in [2.45, 2.75) is 25.3 Å². The normalized spacial score (nSPS) is 16.5.